The van der Waals surface area contributed by atoms with Crippen molar-refractivity contribution in [1.82, 2.24) is 0 Å². The van der Waals surface area contributed by atoms with Gasteiger partial charge in [0.1, 0.15) is 0 Å². The highest BCUT2D eigenvalue weighted by atomic mass is 35.5. The van der Waals surface area contributed by atoms with Crippen molar-refractivity contribution in [3.8, 4) is 0 Å². The van der Waals surface area contributed by atoms with Gasteiger partial charge in [0, 0.05) is 6.61 Å². The van der Waals surface area contributed by atoms with E-state index >= 15 is 0 Å². The van der Waals surface area contributed by atoms with Gasteiger partial charge in [0.15, 0.2) is 0 Å². The van der Waals surface area contributed by atoms with Gasteiger partial charge in [-0.15, -0.1) is 11.6 Å². The summed E-state index contributed by atoms with van der Waals surface area (Å²) in [4.78, 5) is 0. The molecule has 0 unspecified atom stereocenters. The van der Waals surface area contributed by atoms with Crippen molar-refractivity contribution in [2.45, 2.75) is 13.0 Å². The molecule has 0 aromatic heterocycles. The second kappa shape index (κ2) is 8.27. The zero-order chi connectivity index (χ0) is 8.53. The zero-order valence-electron chi connectivity index (χ0n) is 6.75. The summed E-state index contributed by atoms with van der Waals surface area (Å²) >= 11 is 5.33. The largest absolute Gasteiger partial charge is 0.389 e. The van der Waals surface area contributed by atoms with Crippen molar-refractivity contribution in [3.05, 3.63) is 0 Å². The Morgan fingerprint density at radius 2 is 2.00 bits per heavy atom. The van der Waals surface area contributed by atoms with Gasteiger partial charge in [-0.05, 0) is 6.92 Å². The monoisotopic (exact) mass is 182 g/mol. The Balaban J connectivity index is 2.89. The van der Waals surface area contributed by atoms with Gasteiger partial charge < -0.3 is 14.6 Å². The van der Waals surface area contributed by atoms with Gasteiger partial charge in [-0.2, -0.15) is 0 Å². The fourth-order valence-corrected chi connectivity index (χ4v) is 0.615. The van der Waals surface area contributed by atoms with E-state index in [0.29, 0.717) is 19.8 Å². The summed E-state index contributed by atoms with van der Waals surface area (Å²) < 4.78 is 10.0. The number of halogens is 1. The molecular formula is C7H15ClO3. The van der Waals surface area contributed by atoms with Crippen molar-refractivity contribution in [3.63, 3.8) is 0 Å². The number of aliphatic hydroxyl groups is 1. The van der Waals surface area contributed by atoms with Gasteiger partial charge in [-0.1, -0.05) is 0 Å². The molecule has 0 heterocycles. The van der Waals surface area contributed by atoms with Crippen molar-refractivity contribution in [2.75, 3.05) is 32.3 Å². The van der Waals surface area contributed by atoms with E-state index in [0.717, 1.165) is 0 Å². The predicted octanol–water partition coefficient (Wildman–Crippen LogP) is 0.639. The van der Waals surface area contributed by atoms with Gasteiger partial charge in [-0.3, -0.25) is 0 Å². The van der Waals surface area contributed by atoms with E-state index in [1.54, 1.807) is 0 Å². The van der Waals surface area contributed by atoms with Crippen LogP contribution in [0.1, 0.15) is 6.92 Å². The lowest BCUT2D eigenvalue weighted by molar-refractivity contribution is 0.0130. The average molecular weight is 183 g/mol. The molecule has 1 atom stereocenters. The van der Waals surface area contributed by atoms with E-state index < -0.39 is 6.10 Å². The summed E-state index contributed by atoms with van der Waals surface area (Å²) in [6.45, 7) is 4.00. The molecule has 0 radical (unpaired) electrons. The summed E-state index contributed by atoms with van der Waals surface area (Å²) in [5, 5.41) is 8.92. The van der Waals surface area contributed by atoms with Crippen LogP contribution in [0.5, 0.6) is 0 Å². The SMILES string of the molecule is CCOCCOC[C@H](O)CCl. The highest BCUT2D eigenvalue weighted by molar-refractivity contribution is 6.18. The van der Waals surface area contributed by atoms with Crippen LogP contribution in [0.2, 0.25) is 0 Å². The second-order valence-corrected chi connectivity index (χ2v) is 2.39. The van der Waals surface area contributed by atoms with Crippen LogP contribution in [-0.4, -0.2) is 43.5 Å². The predicted molar refractivity (Wildman–Crippen MR) is 44.0 cm³/mol. The van der Waals surface area contributed by atoms with Crippen LogP contribution >= 0.6 is 11.6 Å². The minimum Gasteiger partial charge on any atom is -0.389 e. The fraction of sp³-hybridized carbons (Fsp3) is 1.00. The highest BCUT2D eigenvalue weighted by Crippen LogP contribution is 1.88. The third-order valence-corrected chi connectivity index (χ3v) is 1.42. The van der Waals surface area contributed by atoms with Gasteiger partial charge in [0.05, 0.1) is 31.8 Å². The molecule has 0 saturated carbocycles. The fourth-order valence-electron chi connectivity index (χ4n) is 0.526. The summed E-state index contributed by atoms with van der Waals surface area (Å²) in [5.41, 5.74) is 0. The molecule has 0 amide bonds. The lowest BCUT2D eigenvalue weighted by atomic mass is 10.4. The number of hydrogen-bond donors (Lipinski definition) is 1. The molecule has 68 valence electrons. The standard InChI is InChI=1S/C7H15ClO3/c1-2-10-3-4-11-6-7(9)5-8/h7,9H,2-6H2,1H3/t7-/m1/s1. The molecule has 0 spiro atoms. The summed E-state index contributed by atoms with van der Waals surface area (Å²) in [7, 11) is 0. The van der Waals surface area contributed by atoms with Gasteiger partial charge in [0.25, 0.3) is 0 Å². The summed E-state index contributed by atoms with van der Waals surface area (Å²) in [6.07, 6.45) is -0.557. The number of rotatable bonds is 7. The topological polar surface area (TPSA) is 38.7 Å². The Morgan fingerprint density at radius 3 is 2.55 bits per heavy atom. The maximum atomic E-state index is 8.92. The first-order chi connectivity index (χ1) is 5.31. The molecule has 11 heavy (non-hydrogen) atoms. The lowest BCUT2D eigenvalue weighted by Gasteiger charge is -2.07. The Kier molecular flexibility index (Phi) is 8.40. The van der Waals surface area contributed by atoms with E-state index in [4.69, 9.17) is 26.2 Å². The normalized spacial score (nSPS) is 13.4. The molecule has 0 aliphatic heterocycles. The molecule has 0 rings (SSSR count). The smallest absolute Gasteiger partial charge is 0.0908 e. The molecule has 0 aliphatic carbocycles. The lowest BCUT2D eigenvalue weighted by Crippen LogP contribution is -2.18. The number of ether oxygens (including phenoxy) is 2. The molecule has 0 fully saturated rings. The van der Waals surface area contributed by atoms with Crippen LogP contribution in [0.15, 0.2) is 0 Å². The van der Waals surface area contributed by atoms with E-state index in [1.165, 1.54) is 0 Å². The molecule has 0 aromatic carbocycles. The average Bonchev–Trinajstić information content (AvgIpc) is 2.04. The van der Waals surface area contributed by atoms with Gasteiger partial charge >= 0.3 is 0 Å². The van der Waals surface area contributed by atoms with Crippen molar-refractivity contribution in [2.24, 2.45) is 0 Å². The Bertz CT molecular complexity index is 80.1. The van der Waals surface area contributed by atoms with E-state index in [2.05, 4.69) is 0 Å². The quantitative estimate of drug-likeness (QED) is 0.464. The number of hydrogen-bond acceptors (Lipinski definition) is 3. The first-order valence-corrected chi connectivity index (χ1v) is 4.24. The molecule has 0 aliphatic rings. The first-order valence-electron chi connectivity index (χ1n) is 3.70. The van der Waals surface area contributed by atoms with Gasteiger partial charge in [-0.25, -0.2) is 0 Å². The van der Waals surface area contributed by atoms with E-state index in [-0.39, 0.29) is 12.5 Å². The van der Waals surface area contributed by atoms with Crippen molar-refractivity contribution < 1.29 is 14.6 Å². The highest BCUT2D eigenvalue weighted by Gasteiger charge is 2.00. The number of alkyl halides is 1. The van der Waals surface area contributed by atoms with Crippen LogP contribution in [0, 0.1) is 0 Å². The Labute approximate surface area is 72.3 Å². The molecular weight excluding hydrogens is 168 g/mol. The molecule has 1 N–H and O–H groups in total. The zero-order valence-corrected chi connectivity index (χ0v) is 7.51. The molecule has 0 aromatic rings. The summed E-state index contributed by atoms with van der Waals surface area (Å²) in [5.74, 6) is 0.217. The molecule has 4 heteroatoms. The van der Waals surface area contributed by atoms with Crippen LogP contribution < -0.4 is 0 Å². The molecule has 0 saturated heterocycles. The van der Waals surface area contributed by atoms with Gasteiger partial charge in [0.2, 0.25) is 0 Å². The van der Waals surface area contributed by atoms with E-state index in [1.807, 2.05) is 6.92 Å². The Morgan fingerprint density at radius 1 is 1.36 bits per heavy atom. The molecule has 0 bridgehead atoms. The minimum absolute atomic E-state index is 0.217. The van der Waals surface area contributed by atoms with Crippen LogP contribution in [-0.2, 0) is 9.47 Å². The third-order valence-electron chi connectivity index (χ3n) is 1.06. The van der Waals surface area contributed by atoms with Crippen LogP contribution in [0.3, 0.4) is 0 Å². The minimum atomic E-state index is -0.557. The molecule has 3 nitrogen and oxygen atoms in total. The Hall–Kier alpha value is 0.170. The maximum absolute atomic E-state index is 8.92. The maximum Gasteiger partial charge on any atom is 0.0908 e. The van der Waals surface area contributed by atoms with Crippen LogP contribution in [0.25, 0.3) is 0 Å². The van der Waals surface area contributed by atoms with E-state index in [9.17, 15) is 0 Å². The number of aliphatic hydroxyl groups excluding tert-OH is 1. The third kappa shape index (κ3) is 8.07. The van der Waals surface area contributed by atoms with Crippen LogP contribution in [0.4, 0.5) is 0 Å². The summed E-state index contributed by atoms with van der Waals surface area (Å²) in [6, 6.07) is 0. The van der Waals surface area contributed by atoms with Crippen molar-refractivity contribution in [1.29, 1.82) is 0 Å². The second-order valence-electron chi connectivity index (χ2n) is 2.08. The first kappa shape index (κ1) is 11.2. The van der Waals surface area contributed by atoms with Crippen molar-refractivity contribution >= 4 is 11.6 Å².